The van der Waals surface area contributed by atoms with Crippen LogP contribution in [0.1, 0.15) is 0 Å². The summed E-state index contributed by atoms with van der Waals surface area (Å²) in [5, 5.41) is 11.9. The fraction of sp³-hybridized carbons (Fsp3) is 0. The molecule has 0 N–H and O–H groups in total. The Balaban J connectivity index is 0.000000307. The van der Waals surface area contributed by atoms with Gasteiger partial charge in [0.1, 0.15) is 0 Å². The molecule has 0 aliphatic heterocycles. The zero-order chi connectivity index (χ0) is 31.1. The smallest absolute Gasteiger partial charge is 0.0406 e. The van der Waals surface area contributed by atoms with Gasteiger partial charge < -0.3 is 0 Å². The first-order valence-electron chi connectivity index (χ1n) is 13.4. The maximum atomic E-state index is 6.02. The quantitative estimate of drug-likeness (QED) is 0.115. The Kier molecular flexibility index (Phi) is 19.0. The molecule has 0 bridgehead atoms. The van der Waals surface area contributed by atoms with Crippen LogP contribution in [0.4, 0.5) is 0 Å². The van der Waals surface area contributed by atoms with Crippen molar-refractivity contribution >= 4 is 142 Å². The topological polar surface area (TPSA) is 0 Å². The standard InChI is InChI=1S/2C18H12Cl3P.2ClH.Hg/c2*19-13-1-7-16(8-2-13)22(17-9-3-14(20)4-10-17)18-11-5-15(21)6-12-18;;;/h2*1-12H;2*1H;. The Morgan fingerprint density at radius 1 is 0.234 bits per heavy atom. The van der Waals surface area contributed by atoms with E-state index in [-0.39, 0.29) is 52.5 Å². The van der Waals surface area contributed by atoms with Crippen LogP contribution in [0.3, 0.4) is 0 Å². The minimum absolute atomic E-state index is 0. The molecule has 11 heteroatoms. The van der Waals surface area contributed by atoms with Crippen LogP contribution < -0.4 is 31.8 Å². The van der Waals surface area contributed by atoms with Gasteiger partial charge in [-0.05, 0) is 120 Å². The Bertz CT molecular complexity index is 1430. The Morgan fingerprint density at radius 3 is 0.447 bits per heavy atom. The Labute approximate surface area is 341 Å². The van der Waals surface area contributed by atoms with Gasteiger partial charge in [-0.15, -0.1) is 24.8 Å². The van der Waals surface area contributed by atoms with Crippen LogP contribution in [0.5, 0.6) is 0 Å². The molecular formula is C36H26Cl8HgP2. The molecule has 0 spiro atoms. The largest absolute Gasteiger partial charge is 0.147 e. The van der Waals surface area contributed by atoms with Crippen molar-refractivity contribution in [2.75, 3.05) is 0 Å². The van der Waals surface area contributed by atoms with Crippen molar-refractivity contribution in [2.24, 2.45) is 0 Å². The maximum Gasteiger partial charge on any atom is 0.0406 e. The van der Waals surface area contributed by atoms with Crippen LogP contribution in [0, 0.1) is 0 Å². The van der Waals surface area contributed by atoms with E-state index >= 15 is 0 Å². The molecule has 47 heavy (non-hydrogen) atoms. The van der Waals surface area contributed by atoms with Crippen LogP contribution in [0.2, 0.25) is 30.1 Å². The molecule has 6 aromatic rings. The van der Waals surface area contributed by atoms with Crippen molar-refractivity contribution in [1.82, 2.24) is 0 Å². The van der Waals surface area contributed by atoms with Crippen LogP contribution >= 0.6 is 110 Å². The second-order valence-electron chi connectivity index (χ2n) is 9.53. The summed E-state index contributed by atoms with van der Waals surface area (Å²) in [7, 11) is -1.32. The number of hydrogen-bond donors (Lipinski definition) is 0. The summed E-state index contributed by atoms with van der Waals surface area (Å²) >= 11 is 36.1. The van der Waals surface area contributed by atoms with Crippen molar-refractivity contribution in [3.8, 4) is 0 Å². The Morgan fingerprint density at radius 2 is 0.340 bits per heavy atom. The van der Waals surface area contributed by atoms with E-state index in [1.807, 2.05) is 72.8 Å². The summed E-state index contributed by atoms with van der Waals surface area (Å²) in [5.41, 5.74) is 0. The number of halogens is 8. The third kappa shape index (κ3) is 12.3. The average molecular weight is 1000 g/mol. The van der Waals surface area contributed by atoms with E-state index in [2.05, 4.69) is 72.8 Å². The first kappa shape index (κ1) is 42.6. The van der Waals surface area contributed by atoms with Gasteiger partial charge >= 0.3 is 0 Å². The molecule has 0 radical (unpaired) electrons. The monoisotopic (exact) mass is 1000 g/mol. The maximum absolute atomic E-state index is 6.02. The van der Waals surface area contributed by atoms with E-state index in [1.165, 1.54) is 31.8 Å². The molecule has 6 aromatic carbocycles. The molecule has 0 fully saturated rings. The van der Waals surface area contributed by atoms with E-state index in [0.717, 1.165) is 30.1 Å². The zero-order valence-electron chi connectivity index (χ0n) is 24.5. The Hall–Kier alpha value is -0.565. The van der Waals surface area contributed by atoms with Gasteiger partial charge in [-0.2, -0.15) is 0 Å². The molecule has 0 aromatic heterocycles. The third-order valence-corrected chi connectivity index (χ3v) is 12.9. The van der Waals surface area contributed by atoms with Gasteiger partial charge in [0.15, 0.2) is 0 Å². The second-order valence-corrected chi connectivity index (χ2v) is 16.6. The van der Waals surface area contributed by atoms with Gasteiger partial charge in [-0.3, -0.25) is 0 Å². The van der Waals surface area contributed by atoms with E-state index in [1.54, 1.807) is 0 Å². The van der Waals surface area contributed by atoms with Crippen LogP contribution in [-0.2, 0) is 27.7 Å². The minimum atomic E-state index is -0.659. The van der Waals surface area contributed by atoms with Crippen LogP contribution in [0.25, 0.3) is 0 Å². The summed E-state index contributed by atoms with van der Waals surface area (Å²) in [4.78, 5) is 0. The summed E-state index contributed by atoms with van der Waals surface area (Å²) < 4.78 is 0. The predicted octanol–water partition coefficient (Wildman–Crippen LogP) is 11.7. The molecule has 0 aliphatic rings. The predicted molar refractivity (Wildman–Crippen MR) is 215 cm³/mol. The average Bonchev–Trinajstić information content (AvgIpc) is 3.03. The molecule has 0 aliphatic carbocycles. The molecule has 0 nitrogen and oxygen atoms in total. The SMILES string of the molecule is Cl.Cl.Clc1ccc(P(c2ccc(Cl)cc2)c2ccc(Cl)cc2)cc1.Clc1ccc(P(c2ccc(Cl)cc2)c2ccc(Cl)cc2)cc1.[Hg]. The molecular weight excluding hydrogens is 979 g/mol. The first-order chi connectivity index (χ1) is 21.3. The van der Waals surface area contributed by atoms with Gasteiger partial charge in [0.25, 0.3) is 0 Å². The summed E-state index contributed by atoms with van der Waals surface area (Å²) in [6.07, 6.45) is 0. The van der Waals surface area contributed by atoms with Crippen LogP contribution in [0.15, 0.2) is 146 Å². The van der Waals surface area contributed by atoms with Crippen molar-refractivity contribution < 1.29 is 27.7 Å². The van der Waals surface area contributed by atoms with E-state index < -0.39 is 15.8 Å². The molecule has 238 valence electrons. The van der Waals surface area contributed by atoms with Gasteiger partial charge in [-0.25, -0.2) is 0 Å². The number of benzene rings is 6. The number of rotatable bonds is 6. The minimum Gasteiger partial charge on any atom is -0.147 e. The molecule has 0 unspecified atom stereocenters. The number of hydrogen-bond acceptors (Lipinski definition) is 0. The molecule has 0 atom stereocenters. The molecule has 6 rings (SSSR count). The fourth-order valence-corrected chi connectivity index (χ4v) is 9.66. The third-order valence-electron chi connectivity index (χ3n) is 6.51. The van der Waals surface area contributed by atoms with E-state index in [4.69, 9.17) is 69.6 Å². The summed E-state index contributed by atoms with van der Waals surface area (Å²) in [6, 6.07) is 48.1. The van der Waals surface area contributed by atoms with Crippen molar-refractivity contribution in [3.63, 3.8) is 0 Å². The van der Waals surface area contributed by atoms with E-state index in [9.17, 15) is 0 Å². The molecule has 0 saturated carbocycles. The second kappa shape index (κ2) is 21.0. The van der Waals surface area contributed by atoms with Crippen molar-refractivity contribution in [2.45, 2.75) is 0 Å². The first-order valence-corrected chi connectivity index (χ1v) is 18.4. The summed E-state index contributed by atoms with van der Waals surface area (Å²) in [6.45, 7) is 0. The zero-order valence-corrected chi connectivity index (χ0v) is 38.0. The van der Waals surface area contributed by atoms with Crippen molar-refractivity contribution in [3.05, 3.63) is 176 Å². The van der Waals surface area contributed by atoms with Gasteiger partial charge in [0, 0.05) is 57.8 Å². The van der Waals surface area contributed by atoms with Gasteiger partial charge in [0.05, 0.1) is 0 Å². The normalized spacial score (nSPS) is 10.2. The summed E-state index contributed by atoms with van der Waals surface area (Å²) in [5.74, 6) is 0. The van der Waals surface area contributed by atoms with Crippen LogP contribution in [-0.4, -0.2) is 0 Å². The molecule has 0 saturated heterocycles. The van der Waals surface area contributed by atoms with Gasteiger partial charge in [0.2, 0.25) is 0 Å². The van der Waals surface area contributed by atoms with E-state index in [0.29, 0.717) is 0 Å². The van der Waals surface area contributed by atoms with Crippen molar-refractivity contribution in [1.29, 1.82) is 0 Å². The van der Waals surface area contributed by atoms with Gasteiger partial charge in [-0.1, -0.05) is 142 Å². The molecule has 0 heterocycles. The fourth-order valence-electron chi connectivity index (χ4n) is 4.44. The molecule has 0 amide bonds.